The van der Waals surface area contributed by atoms with Crippen molar-refractivity contribution in [2.24, 2.45) is 0 Å². The number of allylic oxidation sites excluding steroid dienone is 1. The number of methoxy groups -OCH3 is 2. The number of carbonyl (C=O) groups excluding carboxylic acids is 2. The highest BCUT2D eigenvalue weighted by Crippen LogP contribution is 2.27. The second-order valence-corrected chi connectivity index (χ2v) is 3.53. The molecule has 1 aromatic rings. The van der Waals surface area contributed by atoms with E-state index in [4.69, 9.17) is 4.74 Å². The van der Waals surface area contributed by atoms with Crippen molar-refractivity contribution in [3.8, 4) is 5.75 Å². The first-order valence-corrected chi connectivity index (χ1v) is 4.96. The SMILES string of the molecule is C=C(C)c1cc(C(=O)OC)c(OC)cc1C=O. The molecule has 0 unspecified atom stereocenters. The van der Waals surface area contributed by atoms with Crippen molar-refractivity contribution in [2.45, 2.75) is 6.92 Å². The largest absolute Gasteiger partial charge is 0.496 e. The van der Waals surface area contributed by atoms with Crippen molar-refractivity contribution in [3.63, 3.8) is 0 Å². The molecule has 0 bridgehead atoms. The summed E-state index contributed by atoms with van der Waals surface area (Å²) in [7, 11) is 2.71. The smallest absolute Gasteiger partial charge is 0.341 e. The summed E-state index contributed by atoms with van der Waals surface area (Å²) < 4.78 is 9.71. The topological polar surface area (TPSA) is 52.6 Å². The molecule has 0 aromatic heterocycles. The number of hydrogen-bond acceptors (Lipinski definition) is 4. The van der Waals surface area contributed by atoms with E-state index in [0.29, 0.717) is 28.7 Å². The Balaban J connectivity index is 3.49. The molecule has 4 heteroatoms. The summed E-state index contributed by atoms with van der Waals surface area (Å²) in [5, 5.41) is 0. The number of benzene rings is 1. The van der Waals surface area contributed by atoms with Gasteiger partial charge in [0.1, 0.15) is 11.3 Å². The minimum absolute atomic E-state index is 0.276. The predicted octanol–water partition coefficient (Wildman–Crippen LogP) is 2.33. The minimum Gasteiger partial charge on any atom is -0.496 e. The summed E-state index contributed by atoms with van der Waals surface area (Å²) in [5.74, 6) is -0.203. The third-order valence-electron chi connectivity index (χ3n) is 2.36. The minimum atomic E-state index is -0.512. The fourth-order valence-electron chi connectivity index (χ4n) is 1.50. The molecule has 0 saturated heterocycles. The van der Waals surface area contributed by atoms with E-state index in [2.05, 4.69) is 11.3 Å². The number of ether oxygens (including phenoxy) is 2. The first kappa shape index (κ1) is 13.0. The van der Waals surface area contributed by atoms with Crippen LogP contribution in [0.4, 0.5) is 0 Å². The maximum atomic E-state index is 11.5. The fourth-order valence-corrected chi connectivity index (χ4v) is 1.50. The number of aldehydes is 1. The molecular formula is C13H14O4. The van der Waals surface area contributed by atoms with Gasteiger partial charge in [-0.2, -0.15) is 0 Å². The van der Waals surface area contributed by atoms with E-state index >= 15 is 0 Å². The Bertz CT molecular complexity index is 475. The number of rotatable bonds is 4. The molecule has 1 aromatic carbocycles. The first-order valence-electron chi connectivity index (χ1n) is 4.96. The Morgan fingerprint density at radius 2 is 1.94 bits per heavy atom. The molecule has 4 nitrogen and oxygen atoms in total. The zero-order valence-electron chi connectivity index (χ0n) is 10.1. The predicted molar refractivity (Wildman–Crippen MR) is 64.4 cm³/mol. The molecule has 0 amide bonds. The molecule has 90 valence electrons. The molecule has 0 spiro atoms. The highest BCUT2D eigenvalue weighted by molar-refractivity contribution is 5.96. The van der Waals surface area contributed by atoms with Gasteiger partial charge in [-0.25, -0.2) is 4.79 Å². The molecule has 0 aliphatic carbocycles. The lowest BCUT2D eigenvalue weighted by Gasteiger charge is -2.11. The van der Waals surface area contributed by atoms with Gasteiger partial charge in [0.2, 0.25) is 0 Å². The number of hydrogen-bond donors (Lipinski definition) is 0. The van der Waals surface area contributed by atoms with Crippen LogP contribution in [0.5, 0.6) is 5.75 Å². The van der Waals surface area contributed by atoms with E-state index in [9.17, 15) is 9.59 Å². The van der Waals surface area contributed by atoms with Crippen molar-refractivity contribution in [1.29, 1.82) is 0 Å². The van der Waals surface area contributed by atoms with Gasteiger partial charge in [-0.1, -0.05) is 12.2 Å². The second kappa shape index (κ2) is 5.30. The van der Waals surface area contributed by atoms with Crippen LogP contribution in [-0.4, -0.2) is 26.5 Å². The van der Waals surface area contributed by atoms with Crippen LogP contribution in [0.3, 0.4) is 0 Å². The van der Waals surface area contributed by atoms with Crippen molar-refractivity contribution >= 4 is 17.8 Å². The molecule has 0 saturated carbocycles. The van der Waals surface area contributed by atoms with Crippen LogP contribution in [0.25, 0.3) is 5.57 Å². The van der Waals surface area contributed by atoms with Crippen LogP contribution < -0.4 is 4.74 Å². The van der Waals surface area contributed by atoms with E-state index in [1.54, 1.807) is 13.0 Å². The van der Waals surface area contributed by atoms with Crippen molar-refractivity contribution < 1.29 is 19.1 Å². The molecule has 0 aliphatic heterocycles. The van der Waals surface area contributed by atoms with Crippen molar-refractivity contribution in [2.75, 3.05) is 14.2 Å². The van der Waals surface area contributed by atoms with E-state index in [1.807, 2.05) is 0 Å². The number of esters is 1. The molecule has 1 rings (SSSR count). The zero-order chi connectivity index (χ0) is 13.0. The average Bonchev–Trinajstić information content (AvgIpc) is 2.35. The molecule has 0 N–H and O–H groups in total. The van der Waals surface area contributed by atoms with Gasteiger partial charge >= 0.3 is 5.97 Å². The van der Waals surface area contributed by atoms with Crippen LogP contribution >= 0.6 is 0 Å². The maximum absolute atomic E-state index is 11.5. The maximum Gasteiger partial charge on any atom is 0.341 e. The molecule has 17 heavy (non-hydrogen) atoms. The lowest BCUT2D eigenvalue weighted by atomic mass is 9.99. The van der Waals surface area contributed by atoms with E-state index in [0.717, 1.165) is 0 Å². The molecule has 0 heterocycles. The van der Waals surface area contributed by atoms with Crippen molar-refractivity contribution in [3.05, 3.63) is 35.4 Å². The van der Waals surface area contributed by atoms with Gasteiger partial charge in [-0.3, -0.25) is 4.79 Å². The van der Waals surface area contributed by atoms with Gasteiger partial charge in [0, 0.05) is 5.56 Å². The van der Waals surface area contributed by atoms with Gasteiger partial charge in [-0.05, 0) is 24.6 Å². The Hall–Kier alpha value is -2.10. The van der Waals surface area contributed by atoms with Gasteiger partial charge in [0.25, 0.3) is 0 Å². The summed E-state index contributed by atoms with van der Waals surface area (Å²) in [6.07, 6.45) is 0.702. The molecular weight excluding hydrogens is 220 g/mol. The summed E-state index contributed by atoms with van der Waals surface area (Å²) in [4.78, 5) is 22.5. The Morgan fingerprint density at radius 1 is 1.29 bits per heavy atom. The van der Waals surface area contributed by atoms with Crippen LogP contribution in [-0.2, 0) is 4.74 Å². The normalized spacial score (nSPS) is 9.59. The Morgan fingerprint density at radius 3 is 2.35 bits per heavy atom. The lowest BCUT2D eigenvalue weighted by molar-refractivity contribution is 0.0597. The highest BCUT2D eigenvalue weighted by Gasteiger charge is 2.16. The van der Waals surface area contributed by atoms with Gasteiger partial charge in [0.05, 0.1) is 14.2 Å². The Kier molecular flexibility index (Phi) is 4.04. The summed E-state index contributed by atoms with van der Waals surface area (Å²) in [6, 6.07) is 3.06. The molecule has 0 radical (unpaired) electrons. The first-order chi connectivity index (χ1) is 8.04. The van der Waals surface area contributed by atoms with Gasteiger partial charge < -0.3 is 9.47 Å². The van der Waals surface area contributed by atoms with Crippen LogP contribution in [0.1, 0.15) is 33.2 Å². The molecule has 0 atom stereocenters. The summed E-state index contributed by atoms with van der Waals surface area (Å²) in [5.41, 5.74) is 2.02. The van der Waals surface area contributed by atoms with Crippen molar-refractivity contribution in [1.82, 2.24) is 0 Å². The zero-order valence-corrected chi connectivity index (χ0v) is 10.1. The van der Waals surface area contributed by atoms with Gasteiger partial charge in [-0.15, -0.1) is 0 Å². The fraction of sp³-hybridized carbons (Fsp3) is 0.231. The highest BCUT2D eigenvalue weighted by atomic mass is 16.5. The summed E-state index contributed by atoms with van der Waals surface area (Å²) >= 11 is 0. The van der Waals surface area contributed by atoms with Crippen LogP contribution in [0.2, 0.25) is 0 Å². The monoisotopic (exact) mass is 234 g/mol. The number of carbonyl (C=O) groups is 2. The van der Waals surface area contributed by atoms with E-state index < -0.39 is 5.97 Å². The quantitative estimate of drug-likeness (QED) is 0.592. The van der Waals surface area contributed by atoms with Crippen LogP contribution in [0.15, 0.2) is 18.7 Å². The summed E-state index contributed by atoms with van der Waals surface area (Å²) in [6.45, 7) is 5.52. The lowest BCUT2D eigenvalue weighted by Crippen LogP contribution is -2.06. The molecule has 0 fully saturated rings. The second-order valence-electron chi connectivity index (χ2n) is 3.53. The molecule has 0 aliphatic rings. The third kappa shape index (κ3) is 2.53. The standard InChI is InChI=1S/C13H14O4/c1-8(2)10-6-11(13(15)17-4)12(16-3)5-9(10)7-14/h5-7H,1H2,2-4H3. The van der Waals surface area contributed by atoms with Crippen LogP contribution in [0, 0.1) is 0 Å². The van der Waals surface area contributed by atoms with Gasteiger partial charge in [0.15, 0.2) is 6.29 Å². The third-order valence-corrected chi connectivity index (χ3v) is 2.36. The average molecular weight is 234 g/mol. The Labute approximate surface area is 99.8 Å². The van der Waals surface area contributed by atoms with E-state index in [-0.39, 0.29) is 5.56 Å². The van der Waals surface area contributed by atoms with E-state index in [1.165, 1.54) is 20.3 Å².